The van der Waals surface area contributed by atoms with Gasteiger partial charge in [0.1, 0.15) is 0 Å². The summed E-state index contributed by atoms with van der Waals surface area (Å²) in [4.78, 5) is 12.4. The highest BCUT2D eigenvalue weighted by Crippen LogP contribution is 2.25. The molecule has 1 aromatic carbocycles. The Bertz CT molecular complexity index is 691. The molecule has 2 heterocycles. The van der Waals surface area contributed by atoms with Crippen LogP contribution in [0.4, 0.5) is 5.69 Å². The third-order valence-electron chi connectivity index (χ3n) is 3.73. The van der Waals surface area contributed by atoms with Crippen molar-refractivity contribution in [2.45, 2.75) is 19.8 Å². The number of Topliss-reactive ketones (excluding diaryl/α,β-unsaturated/α-hetero) is 1. The van der Waals surface area contributed by atoms with E-state index in [0.717, 1.165) is 30.0 Å². The average Bonchev–Trinajstić information content (AvgIpc) is 2.98. The van der Waals surface area contributed by atoms with E-state index in [0.29, 0.717) is 10.6 Å². The summed E-state index contributed by atoms with van der Waals surface area (Å²) in [6, 6.07) is 5.85. The van der Waals surface area contributed by atoms with Gasteiger partial charge < -0.3 is 5.32 Å². The van der Waals surface area contributed by atoms with Gasteiger partial charge in [0.2, 0.25) is 0 Å². The van der Waals surface area contributed by atoms with Gasteiger partial charge >= 0.3 is 0 Å². The largest absolute Gasteiger partial charge is 0.384 e. The molecule has 0 atom stereocenters. The second-order valence-electron chi connectivity index (χ2n) is 5.12. The molecule has 2 aromatic rings. The van der Waals surface area contributed by atoms with Crippen molar-refractivity contribution >= 4 is 23.1 Å². The number of carbonyl (C=O) groups excluding carboxylic acids is 1. The molecule has 5 heteroatoms. The number of ketones is 1. The summed E-state index contributed by atoms with van der Waals surface area (Å²) >= 11 is 6.19. The molecule has 0 amide bonds. The average molecular weight is 290 g/mol. The molecule has 0 aliphatic carbocycles. The molecule has 0 saturated carbocycles. The van der Waals surface area contributed by atoms with Crippen LogP contribution in [0.3, 0.4) is 0 Å². The second-order valence-corrected chi connectivity index (χ2v) is 5.50. The first-order valence-corrected chi connectivity index (χ1v) is 7.02. The second kappa shape index (κ2) is 4.94. The van der Waals surface area contributed by atoms with Crippen LogP contribution >= 0.6 is 11.6 Å². The van der Waals surface area contributed by atoms with E-state index >= 15 is 0 Å². The molecule has 4 nitrogen and oxygen atoms in total. The standard InChI is InChI=1S/C15H16ClN3O/c1-9-15(16)13(19(2)18-9)8-14(20)11-4-3-10-5-6-17-12(10)7-11/h3-4,7,17H,5-6,8H2,1-2H3. The van der Waals surface area contributed by atoms with Crippen LogP contribution in [0.5, 0.6) is 0 Å². The van der Waals surface area contributed by atoms with Crippen molar-refractivity contribution in [3.8, 4) is 0 Å². The summed E-state index contributed by atoms with van der Waals surface area (Å²) in [6.45, 7) is 2.79. The fourth-order valence-corrected chi connectivity index (χ4v) is 2.82. The van der Waals surface area contributed by atoms with Crippen molar-refractivity contribution in [1.82, 2.24) is 9.78 Å². The first-order valence-electron chi connectivity index (χ1n) is 6.64. The minimum Gasteiger partial charge on any atom is -0.384 e. The highest BCUT2D eigenvalue weighted by molar-refractivity contribution is 6.32. The molecule has 0 radical (unpaired) electrons. The Morgan fingerprint density at radius 2 is 2.30 bits per heavy atom. The van der Waals surface area contributed by atoms with Crippen LogP contribution in [0, 0.1) is 6.92 Å². The van der Waals surface area contributed by atoms with Crippen LogP contribution in [0.15, 0.2) is 18.2 Å². The lowest BCUT2D eigenvalue weighted by molar-refractivity contribution is 0.0991. The SMILES string of the molecule is Cc1nn(C)c(CC(=O)c2ccc3c(c2)NCC3)c1Cl. The van der Waals surface area contributed by atoms with E-state index in [1.54, 1.807) is 4.68 Å². The molecule has 0 saturated heterocycles. The van der Waals surface area contributed by atoms with Gasteiger partial charge in [0.05, 0.1) is 22.8 Å². The van der Waals surface area contributed by atoms with Gasteiger partial charge in [0.15, 0.2) is 5.78 Å². The number of halogens is 1. The molecule has 3 rings (SSSR count). The Morgan fingerprint density at radius 1 is 1.50 bits per heavy atom. The van der Waals surface area contributed by atoms with Gasteiger partial charge in [-0.15, -0.1) is 0 Å². The number of aromatic nitrogens is 2. The lowest BCUT2D eigenvalue weighted by Crippen LogP contribution is -2.08. The van der Waals surface area contributed by atoms with Crippen LogP contribution in [-0.2, 0) is 19.9 Å². The highest BCUT2D eigenvalue weighted by Gasteiger charge is 2.18. The maximum Gasteiger partial charge on any atom is 0.168 e. The smallest absolute Gasteiger partial charge is 0.168 e. The molecular formula is C15H16ClN3O. The molecular weight excluding hydrogens is 274 g/mol. The lowest BCUT2D eigenvalue weighted by Gasteiger charge is -2.05. The summed E-state index contributed by atoms with van der Waals surface area (Å²) in [7, 11) is 1.81. The molecule has 1 aromatic heterocycles. The van der Waals surface area contributed by atoms with E-state index in [4.69, 9.17) is 11.6 Å². The number of anilines is 1. The Morgan fingerprint density at radius 3 is 3.00 bits per heavy atom. The zero-order valence-electron chi connectivity index (χ0n) is 11.5. The Balaban J connectivity index is 1.86. The monoisotopic (exact) mass is 289 g/mol. The summed E-state index contributed by atoms with van der Waals surface area (Å²) in [5, 5.41) is 8.11. The number of nitrogens with zero attached hydrogens (tertiary/aromatic N) is 2. The number of hydrogen-bond acceptors (Lipinski definition) is 3. The first-order chi connectivity index (χ1) is 9.56. The normalized spacial score (nSPS) is 13.2. The third-order valence-corrected chi connectivity index (χ3v) is 4.22. The molecule has 1 aliphatic rings. The number of fused-ring (bicyclic) bond motifs is 1. The van der Waals surface area contributed by atoms with Gasteiger partial charge in [-0.3, -0.25) is 9.48 Å². The van der Waals surface area contributed by atoms with Gasteiger partial charge in [-0.05, 0) is 25.0 Å². The van der Waals surface area contributed by atoms with Gasteiger partial charge in [0.25, 0.3) is 0 Å². The van der Waals surface area contributed by atoms with Crippen LogP contribution in [0.25, 0.3) is 0 Å². The topological polar surface area (TPSA) is 46.9 Å². The van der Waals surface area contributed by atoms with Crippen LogP contribution in [-0.4, -0.2) is 22.1 Å². The number of aryl methyl sites for hydroxylation is 2. The van der Waals surface area contributed by atoms with Crippen molar-refractivity contribution in [3.63, 3.8) is 0 Å². The van der Waals surface area contributed by atoms with Crippen molar-refractivity contribution in [2.75, 3.05) is 11.9 Å². The van der Waals surface area contributed by atoms with E-state index in [-0.39, 0.29) is 12.2 Å². The maximum atomic E-state index is 12.4. The molecule has 104 valence electrons. The van der Waals surface area contributed by atoms with E-state index in [1.165, 1.54) is 5.56 Å². The predicted molar refractivity (Wildman–Crippen MR) is 79.6 cm³/mol. The van der Waals surface area contributed by atoms with Gasteiger partial charge in [0, 0.05) is 24.8 Å². The first kappa shape index (κ1) is 13.2. The van der Waals surface area contributed by atoms with E-state index in [9.17, 15) is 4.79 Å². The predicted octanol–water partition coefficient (Wildman–Crippen LogP) is 2.78. The molecule has 0 spiro atoms. The van der Waals surface area contributed by atoms with Crippen LogP contribution in [0.2, 0.25) is 5.02 Å². The summed E-state index contributed by atoms with van der Waals surface area (Å²) in [5.74, 6) is 0.0615. The van der Waals surface area contributed by atoms with E-state index in [1.807, 2.05) is 32.2 Å². The van der Waals surface area contributed by atoms with Crippen molar-refractivity contribution in [1.29, 1.82) is 0 Å². The van der Waals surface area contributed by atoms with Gasteiger partial charge in [-0.2, -0.15) is 5.10 Å². The van der Waals surface area contributed by atoms with Crippen molar-refractivity contribution in [2.24, 2.45) is 7.05 Å². The summed E-state index contributed by atoms with van der Waals surface area (Å²) < 4.78 is 1.68. The number of carbonyl (C=O) groups is 1. The molecule has 0 bridgehead atoms. The molecule has 20 heavy (non-hydrogen) atoms. The molecule has 1 N–H and O–H groups in total. The van der Waals surface area contributed by atoms with Crippen LogP contribution in [0.1, 0.15) is 27.3 Å². The Hall–Kier alpha value is -1.81. The van der Waals surface area contributed by atoms with E-state index < -0.39 is 0 Å². The lowest BCUT2D eigenvalue weighted by atomic mass is 10.0. The summed E-state index contributed by atoms with van der Waals surface area (Å²) in [6.07, 6.45) is 1.30. The zero-order chi connectivity index (χ0) is 14.3. The number of hydrogen-bond donors (Lipinski definition) is 1. The minimum absolute atomic E-state index is 0.0615. The maximum absolute atomic E-state index is 12.4. The highest BCUT2D eigenvalue weighted by atomic mass is 35.5. The Kier molecular flexibility index (Phi) is 3.26. The van der Waals surface area contributed by atoms with Gasteiger partial charge in [-0.25, -0.2) is 0 Å². The molecule has 0 fully saturated rings. The van der Waals surface area contributed by atoms with Crippen molar-refractivity contribution < 1.29 is 4.79 Å². The summed E-state index contributed by atoms with van der Waals surface area (Å²) in [5.41, 5.74) is 4.59. The fraction of sp³-hybridized carbons (Fsp3) is 0.333. The number of nitrogens with one attached hydrogen (secondary N) is 1. The number of benzene rings is 1. The fourth-order valence-electron chi connectivity index (χ4n) is 2.59. The van der Waals surface area contributed by atoms with Crippen molar-refractivity contribution in [3.05, 3.63) is 45.7 Å². The van der Waals surface area contributed by atoms with E-state index in [2.05, 4.69) is 10.4 Å². The van der Waals surface area contributed by atoms with Crippen LogP contribution < -0.4 is 5.32 Å². The number of rotatable bonds is 3. The van der Waals surface area contributed by atoms with Gasteiger partial charge in [-0.1, -0.05) is 23.7 Å². The Labute approximate surface area is 122 Å². The molecule has 0 unspecified atom stereocenters. The third kappa shape index (κ3) is 2.20. The quantitative estimate of drug-likeness (QED) is 0.884. The zero-order valence-corrected chi connectivity index (χ0v) is 12.3. The molecule has 1 aliphatic heterocycles. The minimum atomic E-state index is 0.0615.